The molecule has 0 aliphatic carbocycles. The largest absolute Gasteiger partial charge is 0.496 e. The van der Waals surface area contributed by atoms with E-state index >= 15 is 0 Å². The number of hydrogen-bond acceptors (Lipinski definition) is 5. The summed E-state index contributed by atoms with van der Waals surface area (Å²) >= 11 is 5.71. The van der Waals surface area contributed by atoms with Crippen molar-refractivity contribution in [3.8, 4) is 5.75 Å². The number of benzene rings is 2. The van der Waals surface area contributed by atoms with Gasteiger partial charge in [0.1, 0.15) is 27.4 Å². The summed E-state index contributed by atoms with van der Waals surface area (Å²) in [6.07, 6.45) is 0.879. The van der Waals surface area contributed by atoms with Crippen molar-refractivity contribution in [3.63, 3.8) is 0 Å². The van der Waals surface area contributed by atoms with Crippen LogP contribution in [0.25, 0.3) is 0 Å². The van der Waals surface area contributed by atoms with Crippen molar-refractivity contribution < 1.29 is 27.1 Å². The first-order valence-corrected chi connectivity index (χ1v) is 10.9. The van der Waals surface area contributed by atoms with Gasteiger partial charge in [-0.05, 0) is 36.8 Å². The molecule has 1 atom stereocenters. The highest BCUT2D eigenvalue weighted by molar-refractivity contribution is 7.90. The number of ether oxygens (including phenoxy) is 1. The minimum Gasteiger partial charge on any atom is -0.496 e. The summed E-state index contributed by atoms with van der Waals surface area (Å²) in [4.78, 5) is 25.3. The monoisotopic (exact) mass is 442 g/mol. The summed E-state index contributed by atoms with van der Waals surface area (Å²) in [5.41, 5.74) is 0.397. The number of rotatable bonds is 8. The minimum absolute atomic E-state index is 0.152. The third-order valence-corrected chi connectivity index (χ3v) is 5.20. The van der Waals surface area contributed by atoms with Crippen LogP contribution < -0.4 is 15.4 Å². The van der Waals surface area contributed by atoms with E-state index in [-0.39, 0.29) is 28.4 Å². The molecule has 0 radical (unpaired) electrons. The third kappa shape index (κ3) is 6.72. The molecule has 2 amide bonds. The van der Waals surface area contributed by atoms with Gasteiger partial charge in [-0.1, -0.05) is 23.7 Å². The molecule has 2 N–H and O–H groups in total. The number of nitrogens with one attached hydrogen (secondary N) is 2. The van der Waals surface area contributed by atoms with Crippen LogP contribution in [0.3, 0.4) is 0 Å². The summed E-state index contributed by atoms with van der Waals surface area (Å²) in [6.45, 7) is 0. The molecule has 2 aromatic carbocycles. The van der Waals surface area contributed by atoms with Crippen molar-refractivity contribution in [2.24, 2.45) is 0 Å². The number of carbonyl (C=O) groups is 2. The third-order valence-electron chi connectivity index (χ3n) is 3.94. The zero-order valence-corrected chi connectivity index (χ0v) is 17.3. The van der Waals surface area contributed by atoms with Crippen LogP contribution in [0.4, 0.5) is 10.1 Å². The molecular formula is C19H20ClFN2O5S. The average molecular weight is 443 g/mol. The summed E-state index contributed by atoms with van der Waals surface area (Å²) < 4.78 is 41.5. The highest BCUT2D eigenvalue weighted by atomic mass is 35.5. The predicted octanol–water partition coefficient (Wildman–Crippen LogP) is 2.66. The van der Waals surface area contributed by atoms with Gasteiger partial charge in [0, 0.05) is 11.9 Å². The zero-order chi connectivity index (χ0) is 21.6. The van der Waals surface area contributed by atoms with Gasteiger partial charge >= 0.3 is 0 Å². The molecule has 0 spiro atoms. The lowest BCUT2D eigenvalue weighted by Gasteiger charge is -2.19. The average Bonchev–Trinajstić information content (AvgIpc) is 2.66. The Balaban J connectivity index is 2.22. The van der Waals surface area contributed by atoms with E-state index < -0.39 is 33.5 Å². The first-order valence-electron chi connectivity index (χ1n) is 8.48. The second kappa shape index (κ2) is 9.71. The van der Waals surface area contributed by atoms with Crippen LogP contribution in [-0.4, -0.2) is 45.4 Å². The molecule has 2 aromatic rings. The highest BCUT2D eigenvalue weighted by Crippen LogP contribution is 2.20. The van der Waals surface area contributed by atoms with Gasteiger partial charge in [0.2, 0.25) is 5.91 Å². The number of para-hydroxylation sites is 1. The fourth-order valence-electron chi connectivity index (χ4n) is 2.47. The summed E-state index contributed by atoms with van der Waals surface area (Å²) in [5.74, 6) is -1.94. The molecule has 2 rings (SSSR count). The Morgan fingerprint density at radius 2 is 1.90 bits per heavy atom. The number of amides is 2. The molecule has 0 heterocycles. The van der Waals surface area contributed by atoms with E-state index in [4.69, 9.17) is 16.3 Å². The Kier molecular flexibility index (Phi) is 7.58. The fraction of sp³-hybridized carbons (Fsp3) is 0.263. The summed E-state index contributed by atoms with van der Waals surface area (Å²) in [7, 11) is -1.98. The van der Waals surface area contributed by atoms with Gasteiger partial charge in [0.25, 0.3) is 5.91 Å². The van der Waals surface area contributed by atoms with E-state index in [9.17, 15) is 22.4 Å². The second-order valence-corrected chi connectivity index (χ2v) is 8.93. The van der Waals surface area contributed by atoms with Crippen molar-refractivity contribution in [1.29, 1.82) is 0 Å². The Hall–Kier alpha value is -2.65. The lowest BCUT2D eigenvalue weighted by Crippen LogP contribution is -2.44. The Labute approximate surface area is 173 Å². The Morgan fingerprint density at radius 1 is 1.21 bits per heavy atom. The SMILES string of the molecule is COc1ccccc1C(=O)NC(CCS(C)(=O)=O)C(=O)Nc1ccc(F)c(Cl)c1. The zero-order valence-electron chi connectivity index (χ0n) is 15.7. The quantitative estimate of drug-likeness (QED) is 0.654. The number of methoxy groups -OCH3 is 1. The molecule has 156 valence electrons. The molecule has 0 aliphatic heterocycles. The van der Waals surface area contributed by atoms with E-state index in [0.29, 0.717) is 5.75 Å². The summed E-state index contributed by atoms with van der Waals surface area (Å²) in [6, 6.07) is 8.84. The van der Waals surface area contributed by atoms with Crippen LogP contribution in [-0.2, 0) is 14.6 Å². The summed E-state index contributed by atoms with van der Waals surface area (Å²) in [5, 5.41) is 4.84. The normalized spacial score (nSPS) is 12.1. The number of carbonyl (C=O) groups excluding carboxylic acids is 2. The topological polar surface area (TPSA) is 102 Å². The van der Waals surface area contributed by atoms with Crippen LogP contribution in [0.5, 0.6) is 5.75 Å². The molecule has 0 aliphatic rings. The lowest BCUT2D eigenvalue weighted by atomic mass is 10.1. The Morgan fingerprint density at radius 3 is 2.52 bits per heavy atom. The second-order valence-electron chi connectivity index (χ2n) is 6.26. The molecule has 7 nitrogen and oxygen atoms in total. The van der Waals surface area contributed by atoms with Crippen LogP contribution in [0.2, 0.25) is 5.02 Å². The van der Waals surface area contributed by atoms with Gasteiger partial charge in [-0.3, -0.25) is 9.59 Å². The number of anilines is 1. The van der Waals surface area contributed by atoms with Gasteiger partial charge in [0.15, 0.2) is 0 Å². The van der Waals surface area contributed by atoms with E-state index in [1.807, 2.05) is 0 Å². The van der Waals surface area contributed by atoms with Crippen molar-refractivity contribution in [2.75, 3.05) is 24.4 Å². The molecular weight excluding hydrogens is 423 g/mol. The first-order chi connectivity index (χ1) is 13.6. The molecule has 0 fully saturated rings. The van der Waals surface area contributed by atoms with Crippen molar-refractivity contribution in [2.45, 2.75) is 12.5 Å². The molecule has 0 saturated carbocycles. The van der Waals surface area contributed by atoms with E-state index in [1.54, 1.807) is 18.2 Å². The van der Waals surface area contributed by atoms with Crippen molar-refractivity contribution in [1.82, 2.24) is 5.32 Å². The standard InChI is InChI=1S/C19H20ClFN2O5S/c1-28-17-6-4-3-5-13(17)18(24)23-16(9-10-29(2,26)27)19(25)22-12-7-8-15(21)14(20)11-12/h3-8,11,16H,9-10H2,1-2H3,(H,22,25)(H,23,24). The molecule has 10 heteroatoms. The van der Waals surface area contributed by atoms with Crippen molar-refractivity contribution in [3.05, 3.63) is 58.9 Å². The van der Waals surface area contributed by atoms with Crippen LogP contribution in [0.1, 0.15) is 16.8 Å². The molecule has 29 heavy (non-hydrogen) atoms. The maximum absolute atomic E-state index is 13.3. The molecule has 0 bridgehead atoms. The van der Waals surface area contributed by atoms with Gasteiger partial charge in [0.05, 0.1) is 23.4 Å². The number of hydrogen-bond donors (Lipinski definition) is 2. The van der Waals surface area contributed by atoms with Crippen LogP contribution >= 0.6 is 11.6 Å². The van der Waals surface area contributed by atoms with Gasteiger partial charge in [-0.15, -0.1) is 0 Å². The highest BCUT2D eigenvalue weighted by Gasteiger charge is 2.24. The van der Waals surface area contributed by atoms with Gasteiger partial charge < -0.3 is 15.4 Å². The number of halogens is 2. The predicted molar refractivity (Wildman–Crippen MR) is 109 cm³/mol. The minimum atomic E-state index is -3.38. The molecule has 0 saturated heterocycles. The maximum Gasteiger partial charge on any atom is 0.255 e. The molecule has 1 unspecified atom stereocenters. The van der Waals surface area contributed by atoms with Crippen LogP contribution in [0.15, 0.2) is 42.5 Å². The van der Waals surface area contributed by atoms with Gasteiger partial charge in [-0.25, -0.2) is 12.8 Å². The van der Waals surface area contributed by atoms with Crippen LogP contribution in [0, 0.1) is 5.82 Å². The fourth-order valence-corrected chi connectivity index (χ4v) is 3.32. The van der Waals surface area contributed by atoms with Gasteiger partial charge in [-0.2, -0.15) is 0 Å². The molecule has 0 aromatic heterocycles. The first kappa shape index (κ1) is 22.6. The lowest BCUT2D eigenvalue weighted by molar-refractivity contribution is -0.118. The smallest absolute Gasteiger partial charge is 0.255 e. The van der Waals surface area contributed by atoms with Crippen molar-refractivity contribution >= 4 is 38.9 Å². The van der Waals surface area contributed by atoms with E-state index in [1.165, 1.54) is 25.3 Å². The number of sulfone groups is 1. The maximum atomic E-state index is 13.3. The Bertz CT molecular complexity index is 1010. The van der Waals surface area contributed by atoms with E-state index in [2.05, 4.69) is 10.6 Å². The van der Waals surface area contributed by atoms with E-state index in [0.717, 1.165) is 12.3 Å².